The maximum absolute atomic E-state index is 15.8. The van der Waals surface area contributed by atoms with Crippen molar-refractivity contribution in [1.29, 1.82) is 0 Å². The Hall–Kier alpha value is -5.82. The van der Waals surface area contributed by atoms with Gasteiger partial charge in [-0.3, -0.25) is 9.59 Å². The van der Waals surface area contributed by atoms with Crippen molar-refractivity contribution >= 4 is 11.8 Å². The van der Waals surface area contributed by atoms with Crippen molar-refractivity contribution < 1.29 is 19.8 Å². The molecule has 6 nitrogen and oxygen atoms in total. The van der Waals surface area contributed by atoms with Gasteiger partial charge in [0.05, 0.1) is 23.3 Å². The highest BCUT2D eigenvalue weighted by molar-refractivity contribution is 6.07. The number of nitrogens with zero attached hydrogens (tertiary/aromatic N) is 1. The highest BCUT2D eigenvalue weighted by atomic mass is 16.3. The van der Waals surface area contributed by atoms with Crippen LogP contribution in [0.4, 0.5) is 0 Å². The molecule has 0 heterocycles. The maximum Gasteiger partial charge on any atom is 0.239 e. The molecule has 0 saturated heterocycles. The van der Waals surface area contributed by atoms with E-state index in [1.165, 1.54) is 0 Å². The molecule has 278 valence electrons. The third-order valence-electron chi connectivity index (χ3n) is 11.1. The normalized spacial score (nSPS) is 14.7. The van der Waals surface area contributed by atoms with E-state index in [0.29, 0.717) is 11.1 Å². The number of hydrogen-bond acceptors (Lipinski definition) is 4. The first kappa shape index (κ1) is 37.5. The average Bonchev–Trinajstić information content (AvgIpc) is 4.02. The van der Waals surface area contributed by atoms with E-state index in [1.54, 1.807) is 4.90 Å². The third kappa shape index (κ3) is 8.31. The van der Waals surface area contributed by atoms with Gasteiger partial charge in [0.25, 0.3) is 0 Å². The van der Waals surface area contributed by atoms with Crippen LogP contribution in [0.5, 0.6) is 0 Å². The molecular weight excluding hydrogens is 681 g/mol. The number of carbonyl (C=O) groups is 2. The topological polar surface area (TPSA) is 104 Å². The zero-order chi connectivity index (χ0) is 38.3. The van der Waals surface area contributed by atoms with E-state index < -0.39 is 40.5 Å². The molecule has 1 aliphatic rings. The number of aliphatic hydroxyl groups is 2. The van der Waals surface area contributed by atoms with E-state index in [0.717, 1.165) is 22.3 Å². The zero-order valence-corrected chi connectivity index (χ0v) is 31.0. The van der Waals surface area contributed by atoms with Gasteiger partial charge < -0.3 is 20.8 Å². The predicted molar refractivity (Wildman–Crippen MR) is 217 cm³/mol. The lowest BCUT2D eigenvalue weighted by atomic mass is 9.73. The molecule has 0 radical (unpaired) electrons. The summed E-state index contributed by atoms with van der Waals surface area (Å²) < 4.78 is 0. The summed E-state index contributed by atoms with van der Waals surface area (Å²) >= 11 is 0. The summed E-state index contributed by atoms with van der Waals surface area (Å²) in [6.45, 7) is 0. The predicted octanol–water partition coefficient (Wildman–Crippen LogP) is 8.00. The summed E-state index contributed by atoms with van der Waals surface area (Å²) in [5, 5.41) is 27.4. The summed E-state index contributed by atoms with van der Waals surface area (Å²) in [5.74, 6) is -1.20. The van der Waals surface area contributed by atoms with Crippen molar-refractivity contribution in [3.8, 4) is 0 Å². The zero-order valence-electron chi connectivity index (χ0n) is 31.0. The van der Waals surface area contributed by atoms with Gasteiger partial charge in [-0.05, 0) is 46.2 Å². The molecule has 55 heavy (non-hydrogen) atoms. The number of primary amides is 1. The quantitative estimate of drug-likeness (QED) is 0.0880. The molecular formula is C49H48N2O4. The second-order valence-corrected chi connectivity index (χ2v) is 15.1. The summed E-state index contributed by atoms with van der Waals surface area (Å²) in [4.78, 5) is 30.9. The molecule has 4 N–H and O–H groups in total. The third-order valence-corrected chi connectivity index (χ3v) is 11.1. The van der Waals surface area contributed by atoms with E-state index in [1.807, 2.05) is 182 Å². The lowest BCUT2D eigenvalue weighted by Gasteiger charge is -2.52. The van der Waals surface area contributed by atoms with Gasteiger partial charge in [-0.15, -0.1) is 0 Å². The highest BCUT2D eigenvalue weighted by Crippen LogP contribution is 2.54. The Labute approximate surface area is 323 Å². The molecule has 0 bridgehead atoms. The Morgan fingerprint density at radius 2 is 0.745 bits per heavy atom. The van der Waals surface area contributed by atoms with Gasteiger partial charge in [0.15, 0.2) is 0 Å². The number of hydrogen-bond donors (Lipinski definition) is 3. The van der Waals surface area contributed by atoms with Gasteiger partial charge in [-0.25, -0.2) is 0 Å². The Morgan fingerprint density at radius 3 is 0.982 bits per heavy atom. The monoisotopic (exact) mass is 728 g/mol. The second kappa shape index (κ2) is 16.3. The summed E-state index contributed by atoms with van der Waals surface area (Å²) in [6, 6.07) is 56.1. The van der Waals surface area contributed by atoms with Gasteiger partial charge in [0.2, 0.25) is 11.8 Å². The maximum atomic E-state index is 15.8. The van der Waals surface area contributed by atoms with Gasteiger partial charge in [0.1, 0.15) is 5.41 Å². The fourth-order valence-corrected chi connectivity index (χ4v) is 8.36. The first-order valence-electron chi connectivity index (χ1n) is 19.0. The first-order valence-corrected chi connectivity index (χ1v) is 19.0. The van der Waals surface area contributed by atoms with Crippen LogP contribution in [0.25, 0.3) is 0 Å². The van der Waals surface area contributed by atoms with Gasteiger partial charge in [-0.2, -0.15) is 0 Å². The summed E-state index contributed by atoms with van der Waals surface area (Å²) in [7, 11) is 0. The molecule has 6 heteroatoms. The number of rotatable bonds is 16. The van der Waals surface area contributed by atoms with Crippen molar-refractivity contribution in [2.24, 2.45) is 11.1 Å². The van der Waals surface area contributed by atoms with Crippen molar-refractivity contribution in [3.63, 3.8) is 0 Å². The molecule has 6 aromatic carbocycles. The van der Waals surface area contributed by atoms with Crippen molar-refractivity contribution in [1.82, 2.24) is 4.90 Å². The Kier molecular flexibility index (Phi) is 11.1. The van der Waals surface area contributed by atoms with Crippen LogP contribution in [0.3, 0.4) is 0 Å². The molecule has 0 aliphatic heterocycles. The lowest BCUT2D eigenvalue weighted by Crippen LogP contribution is -2.60. The molecule has 7 rings (SSSR count). The Balaban J connectivity index is 1.54. The molecule has 1 fully saturated rings. The Bertz CT molecular complexity index is 1920. The number of nitrogens with two attached hydrogens (primary N) is 1. The fourth-order valence-electron chi connectivity index (χ4n) is 8.36. The molecule has 1 saturated carbocycles. The second-order valence-electron chi connectivity index (χ2n) is 15.1. The van der Waals surface area contributed by atoms with Crippen LogP contribution >= 0.6 is 0 Å². The van der Waals surface area contributed by atoms with Crippen LogP contribution in [0.15, 0.2) is 182 Å². The average molecular weight is 729 g/mol. The molecule has 2 amide bonds. The minimum Gasteiger partial charge on any atom is -0.387 e. The summed E-state index contributed by atoms with van der Waals surface area (Å²) in [5.41, 5.74) is 6.23. The molecule has 2 unspecified atom stereocenters. The van der Waals surface area contributed by atoms with Crippen LogP contribution < -0.4 is 5.73 Å². The Morgan fingerprint density at radius 1 is 0.491 bits per heavy atom. The highest BCUT2D eigenvalue weighted by Gasteiger charge is 2.62. The van der Waals surface area contributed by atoms with E-state index in [4.69, 9.17) is 5.73 Å². The van der Waals surface area contributed by atoms with Gasteiger partial charge >= 0.3 is 0 Å². The largest absolute Gasteiger partial charge is 0.387 e. The summed E-state index contributed by atoms with van der Waals surface area (Å²) in [6.07, 6.45) is 1.26. The van der Waals surface area contributed by atoms with Gasteiger partial charge in [-0.1, -0.05) is 182 Å². The van der Waals surface area contributed by atoms with E-state index in [9.17, 15) is 15.0 Å². The van der Waals surface area contributed by atoms with Crippen LogP contribution in [0.1, 0.15) is 58.3 Å². The smallest absolute Gasteiger partial charge is 0.239 e. The van der Waals surface area contributed by atoms with Gasteiger partial charge in [0, 0.05) is 25.7 Å². The van der Waals surface area contributed by atoms with E-state index >= 15 is 4.79 Å². The SMILES string of the molecule is NC(=O)C1(C(=O)N(C(c2ccccc2)C(O)(Cc2ccccc2)Cc2ccccc2)C(c2ccccc2)C(O)(Cc2ccccc2)Cc2ccccc2)CC1. The van der Waals surface area contributed by atoms with Crippen molar-refractivity contribution in [3.05, 3.63) is 215 Å². The van der Waals surface area contributed by atoms with Crippen molar-refractivity contribution in [2.45, 2.75) is 61.8 Å². The molecule has 1 aliphatic carbocycles. The number of amides is 2. The van der Waals surface area contributed by atoms with E-state index in [-0.39, 0.29) is 38.5 Å². The molecule has 0 spiro atoms. The van der Waals surface area contributed by atoms with Crippen LogP contribution in [0.2, 0.25) is 0 Å². The standard InChI is InChI=1S/C49H48N2O4/c50-45(52)47(31-32-47)46(53)51(43(41-27-15-5-16-28-41)48(54,33-37-19-7-1-8-20-37)34-38-21-9-2-10-22-38)44(42-29-17-6-18-30-42)49(55,35-39-23-11-3-12-24-39)36-40-25-13-4-14-26-40/h1-30,43-44,54-55H,31-36H2,(H2,50,52). The van der Waals surface area contributed by atoms with Crippen LogP contribution in [-0.4, -0.2) is 38.1 Å². The van der Waals surface area contributed by atoms with E-state index in [2.05, 4.69) is 0 Å². The minimum absolute atomic E-state index is 0.174. The van der Waals surface area contributed by atoms with Crippen molar-refractivity contribution in [2.75, 3.05) is 0 Å². The number of benzene rings is 6. The number of carbonyl (C=O) groups excluding carboxylic acids is 2. The molecule has 0 aromatic heterocycles. The fraction of sp³-hybridized carbons (Fsp3) is 0.224. The van der Waals surface area contributed by atoms with Crippen LogP contribution in [0, 0.1) is 5.41 Å². The minimum atomic E-state index is -1.65. The molecule has 2 atom stereocenters. The first-order chi connectivity index (χ1) is 26.7. The molecule has 6 aromatic rings. The van der Waals surface area contributed by atoms with Crippen LogP contribution in [-0.2, 0) is 35.3 Å². The lowest BCUT2D eigenvalue weighted by molar-refractivity contribution is -0.167.